The molecule has 8 nitrogen and oxygen atoms in total. The number of fused-ring (bicyclic) bond motifs is 1. The number of hydrogen-bond acceptors (Lipinski definition) is 7. The Bertz CT molecular complexity index is 1540. The highest BCUT2D eigenvalue weighted by Gasteiger charge is 2.18. The highest BCUT2D eigenvalue weighted by Crippen LogP contribution is 2.34. The van der Waals surface area contributed by atoms with Gasteiger partial charge in [-0.3, -0.25) is 4.79 Å². The Morgan fingerprint density at radius 2 is 1.74 bits per heavy atom. The number of aryl methyl sites for hydroxylation is 2. The molecule has 4 aromatic rings. The van der Waals surface area contributed by atoms with E-state index in [9.17, 15) is 9.18 Å². The van der Waals surface area contributed by atoms with Crippen LogP contribution in [0.1, 0.15) is 35.5 Å². The van der Waals surface area contributed by atoms with Gasteiger partial charge in [-0.05, 0) is 74.9 Å². The zero-order valence-corrected chi connectivity index (χ0v) is 23.5. The summed E-state index contributed by atoms with van der Waals surface area (Å²) in [6.07, 6.45) is 0.231. The summed E-state index contributed by atoms with van der Waals surface area (Å²) in [6, 6.07) is 14.6. The summed E-state index contributed by atoms with van der Waals surface area (Å²) < 4.78 is 20.4. The van der Waals surface area contributed by atoms with Crippen molar-refractivity contribution >= 4 is 39.7 Å². The Hall–Kier alpha value is -4.40. The predicted molar refractivity (Wildman–Crippen MR) is 155 cm³/mol. The highest BCUT2D eigenvalue weighted by molar-refractivity contribution is 5.92. The number of carbonyl (C=O) groups is 1. The van der Waals surface area contributed by atoms with Crippen LogP contribution in [-0.2, 0) is 11.2 Å². The number of amides is 1. The van der Waals surface area contributed by atoms with Crippen LogP contribution in [0.15, 0.2) is 48.5 Å². The number of nitrogens with two attached hydrogens (primary N) is 1. The maximum Gasteiger partial charge on any atom is 0.226 e. The van der Waals surface area contributed by atoms with Gasteiger partial charge in [0.1, 0.15) is 23.2 Å². The second-order valence-electron chi connectivity index (χ2n) is 9.95. The minimum atomic E-state index is -0.385. The first-order valence-electron chi connectivity index (χ1n) is 12.7. The number of anilines is 4. The van der Waals surface area contributed by atoms with Gasteiger partial charge in [0.15, 0.2) is 0 Å². The molecule has 204 valence electrons. The van der Waals surface area contributed by atoms with Gasteiger partial charge in [-0.15, -0.1) is 0 Å². The lowest BCUT2D eigenvalue weighted by atomic mass is 10.0. The van der Waals surface area contributed by atoms with E-state index >= 15 is 0 Å². The molecule has 1 heterocycles. The second-order valence-corrected chi connectivity index (χ2v) is 9.95. The smallest absolute Gasteiger partial charge is 0.226 e. The lowest BCUT2D eigenvalue weighted by molar-refractivity contribution is -0.127. The Morgan fingerprint density at radius 3 is 2.44 bits per heavy atom. The number of rotatable bonds is 8. The third kappa shape index (κ3) is 5.87. The minimum absolute atomic E-state index is 0.0111. The van der Waals surface area contributed by atoms with Crippen molar-refractivity contribution in [2.45, 2.75) is 33.2 Å². The van der Waals surface area contributed by atoms with Crippen molar-refractivity contribution in [1.82, 2.24) is 14.9 Å². The first kappa shape index (κ1) is 27.6. The van der Waals surface area contributed by atoms with E-state index in [0.29, 0.717) is 34.2 Å². The van der Waals surface area contributed by atoms with Crippen LogP contribution < -0.4 is 20.7 Å². The third-order valence-corrected chi connectivity index (χ3v) is 6.79. The van der Waals surface area contributed by atoms with E-state index in [-0.39, 0.29) is 24.2 Å². The van der Waals surface area contributed by atoms with Gasteiger partial charge in [0, 0.05) is 54.7 Å². The van der Waals surface area contributed by atoms with Crippen LogP contribution in [0.4, 0.5) is 27.3 Å². The van der Waals surface area contributed by atoms with E-state index in [4.69, 9.17) is 10.5 Å². The second kappa shape index (κ2) is 11.1. The lowest BCUT2D eigenvalue weighted by Crippen LogP contribution is -2.23. The molecule has 0 bridgehead atoms. The zero-order valence-electron chi connectivity index (χ0n) is 23.5. The molecule has 1 atom stereocenters. The summed E-state index contributed by atoms with van der Waals surface area (Å²) in [5.74, 6) is 1.57. The van der Waals surface area contributed by atoms with Crippen LogP contribution in [0.5, 0.6) is 5.75 Å². The van der Waals surface area contributed by atoms with Gasteiger partial charge in [-0.1, -0.05) is 0 Å². The van der Waals surface area contributed by atoms with E-state index in [1.807, 2.05) is 62.2 Å². The molecule has 9 heteroatoms. The lowest BCUT2D eigenvalue weighted by Gasteiger charge is -2.23. The Morgan fingerprint density at radius 1 is 1.05 bits per heavy atom. The van der Waals surface area contributed by atoms with Crippen molar-refractivity contribution in [3.63, 3.8) is 0 Å². The van der Waals surface area contributed by atoms with E-state index < -0.39 is 0 Å². The molecular weight excluding hydrogens is 495 g/mol. The average Bonchev–Trinajstić information content (AvgIpc) is 2.89. The van der Waals surface area contributed by atoms with Crippen LogP contribution in [0, 0.1) is 19.7 Å². The molecule has 0 aliphatic rings. The summed E-state index contributed by atoms with van der Waals surface area (Å²) in [4.78, 5) is 25.2. The molecule has 0 spiro atoms. The molecule has 3 aromatic carbocycles. The molecule has 39 heavy (non-hydrogen) atoms. The molecule has 0 fully saturated rings. The molecule has 0 saturated heterocycles. The van der Waals surface area contributed by atoms with Gasteiger partial charge < -0.3 is 25.6 Å². The number of nitrogen functional groups attached to an aromatic ring is 1. The maximum absolute atomic E-state index is 14.9. The van der Waals surface area contributed by atoms with Gasteiger partial charge in [0.05, 0.1) is 25.1 Å². The average molecular weight is 531 g/mol. The van der Waals surface area contributed by atoms with Crippen molar-refractivity contribution in [3.8, 4) is 5.75 Å². The highest BCUT2D eigenvalue weighted by atomic mass is 19.1. The molecule has 0 radical (unpaired) electrons. The van der Waals surface area contributed by atoms with Gasteiger partial charge >= 0.3 is 0 Å². The summed E-state index contributed by atoms with van der Waals surface area (Å²) in [7, 11) is 7.02. The number of likely N-dealkylation sites (N-methyl/N-ethyl adjacent to an activating group) is 1. The van der Waals surface area contributed by atoms with E-state index in [1.165, 1.54) is 0 Å². The zero-order chi connectivity index (χ0) is 28.4. The van der Waals surface area contributed by atoms with Crippen LogP contribution in [0.2, 0.25) is 0 Å². The molecule has 0 aliphatic carbocycles. The van der Waals surface area contributed by atoms with Crippen molar-refractivity contribution in [2.24, 2.45) is 0 Å². The number of benzene rings is 3. The topological polar surface area (TPSA) is 96.6 Å². The number of nitrogens with one attached hydrogen (secondary N) is 1. The largest absolute Gasteiger partial charge is 0.496 e. The molecule has 0 saturated carbocycles. The number of methoxy groups -OCH3 is 1. The third-order valence-electron chi connectivity index (χ3n) is 6.79. The quantitative estimate of drug-likeness (QED) is 0.288. The van der Waals surface area contributed by atoms with E-state index in [0.717, 1.165) is 27.8 Å². The molecular formula is C30H35FN6O2. The molecule has 1 aromatic heterocycles. The van der Waals surface area contributed by atoms with Crippen LogP contribution in [0.25, 0.3) is 10.9 Å². The van der Waals surface area contributed by atoms with Crippen molar-refractivity contribution in [2.75, 3.05) is 44.2 Å². The number of halogens is 1. The number of hydrogen-bond donors (Lipinski definition) is 2. The Kier molecular flexibility index (Phi) is 7.90. The predicted octanol–water partition coefficient (Wildman–Crippen LogP) is 5.55. The normalized spacial score (nSPS) is 11.8. The standard InChI is InChI=1S/C30H35FN6O2/c1-17-12-21(32)15-24(29(17)31)18(2)33-30-25-16-23(8-10-26(25)34-19(3)35-30)37(6)22-9-11-27(39-7)20(13-22)14-28(38)36(4)5/h8-13,15-16,18H,14,32H2,1-7H3,(H,33,34,35)/t18-/m1/s1. The molecule has 4 rings (SSSR count). The summed E-state index contributed by atoms with van der Waals surface area (Å²) >= 11 is 0. The van der Waals surface area contributed by atoms with Crippen molar-refractivity contribution < 1.29 is 13.9 Å². The molecule has 3 N–H and O–H groups in total. The molecule has 0 unspecified atom stereocenters. The summed E-state index contributed by atoms with van der Waals surface area (Å²) in [5.41, 5.74) is 10.8. The molecule has 0 aliphatic heterocycles. The fourth-order valence-electron chi connectivity index (χ4n) is 4.56. The minimum Gasteiger partial charge on any atom is -0.496 e. The first-order valence-corrected chi connectivity index (χ1v) is 12.7. The number of aromatic nitrogens is 2. The van der Waals surface area contributed by atoms with Crippen LogP contribution >= 0.6 is 0 Å². The summed E-state index contributed by atoms with van der Waals surface area (Å²) in [6.45, 7) is 5.41. The van der Waals surface area contributed by atoms with Crippen molar-refractivity contribution in [1.29, 1.82) is 0 Å². The van der Waals surface area contributed by atoms with Crippen LogP contribution in [-0.4, -0.2) is 49.0 Å². The van der Waals surface area contributed by atoms with Crippen LogP contribution in [0.3, 0.4) is 0 Å². The van der Waals surface area contributed by atoms with Gasteiger partial charge in [0.25, 0.3) is 0 Å². The van der Waals surface area contributed by atoms with E-state index in [2.05, 4.69) is 15.3 Å². The number of carbonyl (C=O) groups excluding carboxylic acids is 1. The monoisotopic (exact) mass is 530 g/mol. The van der Waals surface area contributed by atoms with Crippen molar-refractivity contribution in [3.05, 3.63) is 76.9 Å². The fraction of sp³-hybridized carbons (Fsp3) is 0.300. The SMILES string of the molecule is COc1ccc(N(C)c2ccc3nc(C)nc(N[C@H](C)c4cc(N)cc(C)c4F)c3c2)cc1CC(=O)N(C)C. The van der Waals surface area contributed by atoms with Gasteiger partial charge in [0.2, 0.25) is 5.91 Å². The summed E-state index contributed by atoms with van der Waals surface area (Å²) in [5, 5.41) is 4.18. The van der Waals surface area contributed by atoms with Gasteiger partial charge in [-0.25, -0.2) is 14.4 Å². The number of ether oxygens (including phenoxy) is 1. The maximum atomic E-state index is 14.9. The van der Waals surface area contributed by atoms with E-state index in [1.54, 1.807) is 45.2 Å². The number of nitrogens with zero attached hydrogens (tertiary/aromatic N) is 4. The fourth-order valence-corrected chi connectivity index (χ4v) is 4.56. The Balaban J connectivity index is 1.71. The molecule has 1 amide bonds. The van der Waals surface area contributed by atoms with Gasteiger partial charge in [-0.2, -0.15) is 0 Å². The first-order chi connectivity index (χ1) is 18.5. The Labute approximate surface area is 228 Å².